The highest BCUT2D eigenvalue weighted by Gasteiger charge is 2.31. The smallest absolute Gasteiger partial charge is 0.338 e. The van der Waals surface area contributed by atoms with Gasteiger partial charge in [0.25, 0.3) is 5.91 Å². The number of rotatable bonds is 5. The van der Waals surface area contributed by atoms with Gasteiger partial charge >= 0.3 is 5.97 Å². The molecular formula is C17H24N2O5S. The van der Waals surface area contributed by atoms with E-state index in [1.165, 1.54) is 35.5 Å². The predicted octanol–water partition coefficient (Wildman–Crippen LogP) is 1.38. The average molecular weight is 368 g/mol. The lowest BCUT2D eigenvalue weighted by molar-refractivity contribution is -0.125. The van der Waals surface area contributed by atoms with E-state index in [1.54, 1.807) is 0 Å². The molecular weight excluding hydrogens is 344 g/mol. The summed E-state index contributed by atoms with van der Waals surface area (Å²) >= 11 is 0. The third-order valence-electron chi connectivity index (χ3n) is 4.25. The number of hydrogen-bond donors (Lipinski definition) is 1. The Balaban J connectivity index is 2.15. The van der Waals surface area contributed by atoms with Gasteiger partial charge in [0.2, 0.25) is 10.0 Å². The minimum Gasteiger partial charge on any atom is -0.449 e. The fourth-order valence-corrected chi connectivity index (χ4v) is 4.68. The summed E-state index contributed by atoms with van der Waals surface area (Å²) < 4.78 is 31.9. The van der Waals surface area contributed by atoms with Gasteiger partial charge < -0.3 is 10.5 Å². The van der Waals surface area contributed by atoms with Crippen molar-refractivity contribution in [2.75, 3.05) is 13.1 Å². The minimum atomic E-state index is -3.60. The van der Waals surface area contributed by atoms with Gasteiger partial charge in [0.05, 0.1) is 10.5 Å². The van der Waals surface area contributed by atoms with Crippen LogP contribution >= 0.6 is 0 Å². The Morgan fingerprint density at radius 1 is 1.16 bits per heavy atom. The zero-order chi connectivity index (χ0) is 18.8. The Labute approximate surface area is 148 Å². The summed E-state index contributed by atoms with van der Waals surface area (Å²) in [5.41, 5.74) is 5.21. The molecule has 25 heavy (non-hydrogen) atoms. The molecule has 0 bridgehead atoms. The van der Waals surface area contributed by atoms with Gasteiger partial charge in [-0.05, 0) is 49.4 Å². The van der Waals surface area contributed by atoms with Crippen molar-refractivity contribution in [3.05, 3.63) is 29.8 Å². The number of nitrogens with two attached hydrogens (primary N) is 1. The zero-order valence-corrected chi connectivity index (χ0v) is 15.5. The summed E-state index contributed by atoms with van der Waals surface area (Å²) in [5, 5.41) is 0. The fraction of sp³-hybridized carbons (Fsp3) is 0.529. The van der Waals surface area contributed by atoms with Crippen LogP contribution in [0.4, 0.5) is 0 Å². The largest absolute Gasteiger partial charge is 0.449 e. The Morgan fingerprint density at radius 2 is 1.68 bits per heavy atom. The topological polar surface area (TPSA) is 107 Å². The monoisotopic (exact) mass is 368 g/mol. The van der Waals surface area contributed by atoms with Crippen molar-refractivity contribution in [1.29, 1.82) is 0 Å². The number of ether oxygens (including phenoxy) is 1. The van der Waals surface area contributed by atoms with E-state index in [-0.39, 0.29) is 10.5 Å². The van der Waals surface area contributed by atoms with Crippen LogP contribution in [-0.4, -0.2) is 43.8 Å². The first kappa shape index (κ1) is 19.4. The normalized spacial score (nSPS) is 23.0. The lowest BCUT2D eigenvalue weighted by Crippen LogP contribution is -2.42. The van der Waals surface area contributed by atoms with Crippen LogP contribution in [-0.2, 0) is 19.6 Å². The average Bonchev–Trinajstić information content (AvgIpc) is 2.53. The summed E-state index contributed by atoms with van der Waals surface area (Å²) in [6.45, 7) is 6.44. The third kappa shape index (κ3) is 4.58. The van der Waals surface area contributed by atoms with Crippen LogP contribution in [0.5, 0.6) is 0 Å². The van der Waals surface area contributed by atoms with E-state index in [1.807, 2.05) is 13.8 Å². The zero-order valence-electron chi connectivity index (χ0n) is 14.6. The molecule has 2 rings (SSSR count). The number of esters is 1. The van der Waals surface area contributed by atoms with Crippen molar-refractivity contribution in [1.82, 2.24) is 4.31 Å². The fourth-order valence-electron chi connectivity index (χ4n) is 3.00. The second-order valence-corrected chi connectivity index (χ2v) is 8.68. The lowest BCUT2D eigenvalue weighted by atomic mass is 9.94. The van der Waals surface area contributed by atoms with Gasteiger partial charge in [-0.15, -0.1) is 0 Å². The van der Waals surface area contributed by atoms with Crippen molar-refractivity contribution < 1.29 is 22.7 Å². The molecule has 1 aliphatic heterocycles. The molecule has 1 amide bonds. The van der Waals surface area contributed by atoms with Gasteiger partial charge in [-0.25, -0.2) is 13.2 Å². The number of sulfonamides is 1. The first-order valence-corrected chi connectivity index (χ1v) is 9.65. The molecule has 7 nitrogen and oxygen atoms in total. The molecule has 0 unspecified atom stereocenters. The minimum absolute atomic E-state index is 0.133. The van der Waals surface area contributed by atoms with Crippen LogP contribution in [0.15, 0.2) is 29.2 Å². The number of hydrogen-bond acceptors (Lipinski definition) is 5. The first-order valence-electron chi connectivity index (χ1n) is 8.21. The molecule has 0 aromatic heterocycles. The molecule has 138 valence electrons. The Bertz CT molecular complexity index is 735. The third-order valence-corrected chi connectivity index (χ3v) is 6.09. The molecule has 1 aromatic carbocycles. The van der Waals surface area contributed by atoms with Crippen LogP contribution < -0.4 is 5.73 Å². The summed E-state index contributed by atoms with van der Waals surface area (Å²) in [6, 6.07) is 5.51. The van der Waals surface area contributed by atoms with Gasteiger partial charge in [0.15, 0.2) is 6.10 Å². The van der Waals surface area contributed by atoms with E-state index in [0.717, 1.165) is 6.42 Å². The second-order valence-electron chi connectivity index (χ2n) is 6.74. The molecule has 0 spiro atoms. The Hall–Kier alpha value is -1.93. The van der Waals surface area contributed by atoms with Crippen LogP contribution in [0.2, 0.25) is 0 Å². The standard InChI is InChI=1S/C17H24N2O5S/c1-11-8-12(2)10-19(9-11)25(22,23)15-6-4-14(5-7-15)17(21)24-13(3)16(18)20/h4-7,11-13H,8-10H2,1-3H3,(H2,18,20)/t11-,12-,13-/m0/s1. The molecule has 1 heterocycles. The summed E-state index contributed by atoms with van der Waals surface area (Å²) in [7, 11) is -3.60. The second kappa shape index (κ2) is 7.53. The molecule has 1 aromatic rings. The van der Waals surface area contributed by atoms with Crippen molar-refractivity contribution >= 4 is 21.9 Å². The van der Waals surface area contributed by atoms with Crippen molar-refractivity contribution in [2.24, 2.45) is 17.6 Å². The number of nitrogens with zero attached hydrogens (tertiary/aromatic N) is 1. The number of carbonyl (C=O) groups is 2. The number of primary amides is 1. The van der Waals surface area contributed by atoms with Gasteiger partial charge in [-0.2, -0.15) is 4.31 Å². The van der Waals surface area contributed by atoms with Gasteiger partial charge in [-0.1, -0.05) is 13.8 Å². The van der Waals surface area contributed by atoms with Gasteiger partial charge in [-0.3, -0.25) is 4.79 Å². The van der Waals surface area contributed by atoms with E-state index in [4.69, 9.17) is 10.5 Å². The SMILES string of the molecule is C[C@H]1C[C@H](C)CN(S(=O)(=O)c2ccc(C(=O)O[C@@H](C)C(N)=O)cc2)C1. The molecule has 1 saturated heterocycles. The molecule has 8 heteroatoms. The molecule has 2 N–H and O–H groups in total. The molecule has 0 aliphatic carbocycles. The summed E-state index contributed by atoms with van der Waals surface area (Å²) in [6.07, 6.45) is -0.0401. The maximum Gasteiger partial charge on any atom is 0.338 e. The molecule has 3 atom stereocenters. The molecule has 0 radical (unpaired) electrons. The summed E-state index contributed by atoms with van der Waals surface area (Å²) in [5.74, 6) is -0.859. The summed E-state index contributed by atoms with van der Waals surface area (Å²) in [4.78, 5) is 23.0. The quantitative estimate of drug-likeness (QED) is 0.790. The number of benzene rings is 1. The van der Waals surface area contributed by atoms with Gasteiger partial charge in [0, 0.05) is 13.1 Å². The van der Waals surface area contributed by atoms with E-state index in [9.17, 15) is 18.0 Å². The van der Waals surface area contributed by atoms with Crippen molar-refractivity contribution in [3.63, 3.8) is 0 Å². The lowest BCUT2D eigenvalue weighted by Gasteiger charge is -2.34. The van der Waals surface area contributed by atoms with E-state index >= 15 is 0 Å². The van der Waals surface area contributed by atoms with Crippen LogP contribution in [0.25, 0.3) is 0 Å². The Morgan fingerprint density at radius 3 is 2.16 bits per heavy atom. The number of carbonyl (C=O) groups excluding carboxylic acids is 2. The van der Waals surface area contributed by atoms with Gasteiger partial charge in [0.1, 0.15) is 0 Å². The van der Waals surface area contributed by atoms with Crippen LogP contribution in [0.3, 0.4) is 0 Å². The Kier molecular flexibility index (Phi) is 5.84. The first-order chi connectivity index (χ1) is 11.6. The predicted molar refractivity (Wildman–Crippen MR) is 92.2 cm³/mol. The highest BCUT2D eigenvalue weighted by atomic mass is 32.2. The highest BCUT2D eigenvalue weighted by molar-refractivity contribution is 7.89. The molecule has 1 aliphatic rings. The maximum atomic E-state index is 12.8. The van der Waals surface area contributed by atoms with Crippen LogP contribution in [0.1, 0.15) is 37.6 Å². The number of piperidine rings is 1. The van der Waals surface area contributed by atoms with E-state index in [0.29, 0.717) is 24.9 Å². The highest BCUT2D eigenvalue weighted by Crippen LogP contribution is 2.26. The number of amides is 1. The molecule has 1 fully saturated rings. The maximum absolute atomic E-state index is 12.8. The van der Waals surface area contributed by atoms with Crippen molar-refractivity contribution in [2.45, 2.75) is 38.2 Å². The van der Waals surface area contributed by atoms with E-state index in [2.05, 4.69) is 0 Å². The van der Waals surface area contributed by atoms with Crippen LogP contribution in [0, 0.1) is 11.8 Å². The van der Waals surface area contributed by atoms with Crippen molar-refractivity contribution in [3.8, 4) is 0 Å². The molecule has 0 saturated carbocycles. The van der Waals surface area contributed by atoms with E-state index < -0.39 is 28.0 Å².